The van der Waals surface area contributed by atoms with Gasteiger partial charge in [-0.1, -0.05) is 17.7 Å². The molecule has 1 fully saturated rings. The molecule has 2 N–H and O–H groups in total. The van der Waals surface area contributed by atoms with Crippen LogP contribution in [0.4, 0.5) is 11.4 Å². The Balaban J connectivity index is 1.65. The highest BCUT2D eigenvalue weighted by molar-refractivity contribution is 6.33. The molecular formula is C20H12ClN3O6. The first-order valence-electron chi connectivity index (χ1n) is 8.54. The second-order valence-corrected chi connectivity index (χ2v) is 6.72. The van der Waals surface area contributed by atoms with Crippen molar-refractivity contribution < 1.29 is 24.0 Å². The summed E-state index contributed by atoms with van der Waals surface area (Å²) in [6.45, 7) is 0. The lowest BCUT2D eigenvalue weighted by Crippen LogP contribution is -2.35. The van der Waals surface area contributed by atoms with Crippen molar-refractivity contribution >= 4 is 40.9 Å². The maximum atomic E-state index is 12.7. The van der Waals surface area contributed by atoms with Crippen molar-refractivity contribution in [2.75, 3.05) is 5.01 Å². The van der Waals surface area contributed by atoms with E-state index >= 15 is 0 Å². The van der Waals surface area contributed by atoms with E-state index in [-0.39, 0.29) is 34.1 Å². The number of benzene rings is 2. The summed E-state index contributed by atoms with van der Waals surface area (Å²) < 4.78 is 5.57. The zero-order valence-electron chi connectivity index (χ0n) is 15.0. The van der Waals surface area contributed by atoms with E-state index in [1.807, 2.05) is 0 Å². The Morgan fingerprint density at radius 3 is 2.67 bits per heavy atom. The maximum Gasteiger partial charge on any atom is 0.282 e. The number of carbonyl (C=O) groups is 2. The molecular weight excluding hydrogens is 414 g/mol. The lowest BCUT2D eigenvalue weighted by atomic mass is 10.1. The van der Waals surface area contributed by atoms with Crippen LogP contribution < -0.4 is 10.4 Å². The number of hydrogen-bond donors (Lipinski definition) is 2. The monoisotopic (exact) mass is 425 g/mol. The van der Waals surface area contributed by atoms with Gasteiger partial charge in [0.05, 0.1) is 16.2 Å². The second-order valence-electron chi connectivity index (χ2n) is 6.28. The summed E-state index contributed by atoms with van der Waals surface area (Å²) in [5.74, 6) is -1.14. The topological polar surface area (TPSA) is 126 Å². The highest BCUT2D eigenvalue weighted by Crippen LogP contribution is 2.34. The summed E-state index contributed by atoms with van der Waals surface area (Å²) in [6.07, 6.45) is 1.25. The van der Waals surface area contributed by atoms with Crippen molar-refractivity contribution in [3.8, 4) is 17.1 Å². The van der Waals surface area contributed by atoms with Gasteiger partial charge in [-0.15, -0.1) is 0 Å². The Labute approximate surface area is 173 Å². The highest BCUT2D eigenvalue weighted by Gasteiger charge is 2.34. The number of rotatable bonds is 4. The van der Waals surface area contributed by atoms with E-state index < -0.39 is 16.7 Å². The van der Waals surface area contributed by atoms with Crippen molar-refractivity contribution in [3.63, 3.8) is 0 Å². The average molecular weight is 426 g/mol. The summed E-state index contributed by atoms with van der Waals surface area (Å²) in [7, 11) is 0. The first kappa shape index (κ1) is 19.2. The number of nitro groups is 1. The molecule has 2 aromatic carbocycles. The Morgan fingerprint density at radius 2 is 1.93 bits per heavy atom. The molecule has 0 radical (unpaired) electrons. The highest BCUT2D eigenvalue weighted by atomic mass is 35.5. The van der Waals surface area contributed by atoms with E-state index in [1.165, 1.54) is 36.4 Å². The first-order valence-corrected chi connectivity index (χ1v) is 8.91. The van der Waals surface area contributed by atoms with Crippen LogP contribution in [0.3, 0.4) is 0 Å². The number of phenolic OH excluding ortho intramolecular Hbond substituents is 1. The smallest absolute Gasteiger partial charge is 0.282 e. The second kappa shape index (κ2) is 7.37. The van der Waals surface area contributed by atoms with Crippen LogP contribution in [0.5, 0.6) is 5.75 Å². The van der Waals surface area contributed by atoms with Gasteiger partial charge in [-0.05, 0) is 42.5 Å². The van der Waals surface area contributed by atoms with Crippen LogP contribution in [-0.4, -0.2) is 21.8 Å². The lowest BCUT2D eigenvalue weighted by molar-refractivity contribution is -0.384. The minimum Gasteiger partial charge on any atom is -0.507 e. The van der Waals surface area contributed by atoms with E-state index in [0.717, 1.165) is 11.1 Å². The Bertz CT molecular complexity index is 1230. The van der Waals surface area contributed by atoms with Gasteiger partial charge in [0.15, 0.2) is 0 Å². The maximum absolute atomic E-state index is 12.7. The lowest BCUT2D eigenvalue weighted by Gasteiger charge is -2.14. The quantitative estimate of drug-likeness (QED) is 0.284. The average Bonchev–Trinajstić information content (AvgIpc) is 3.28. The van der Waals surface area contributed by atoms with E-state index in [2.05, 4.69) is 5.43 Å². The fourth-order valence-electron chi connectivity index (χ4n) is 2.91. The number of phenols is 1. The van der Waals surface area contributed by atoms with Crippen molar-refractivity contribution in [1.82, 2.24) is 5.43 Å². The molecule has 1 saturated heterocycles. The molecule has 0 atom stereocenters. The molecule has 0 bridgehead atoms. The molecule has 10 heteroatoms. The molecule has 150 valence electrons. The summed E-state index contributed by atoms with van der Waals surface area (Å²) in [6, 6.07) is 12.9. The number of non-ortho nitro benzene ring substituents is 1. The van der Waals surface area contributed by atoms with Crippen molar-refractivity contribution in [2.24, 2.45) is 0 Å². The summed E-state index contributed by atoms with van der Waals surface area (Å²) in [5, 5.41) is 22.4. The molecule has 2 amide bonds. The number of amides is 2. The molecule has 4 rings (SSSR count). The minimum atomic E-state index is -0.629. The van der Waals surface area contributed by atoms with Crippen LogP contribution in [0, 0.1) is 10.1 Å². The Kier molecular flexibility index (Phi) is 4.72. The van der Waals surface area contributed by atoms with E-state index in [0.29, 0.717) is 10.7 Å². The number of carbonyl (C=O) groups excluding carboxylic acids is 2. The number of nitro benzene ring substituents is 1. The van der Waals surface area contributed by atoms with Crippen LogP contribution in [0.15, 0.2) is 64.6 Å². The Hall–Kier alpha value is -4.11. The normalized spacial score (nSPS) is 15.0. The summed E-state index contributed by atoms with van der Waals surface area (Å²) in [5.41, 5.74) is 2.56. The van der Waals surface area contributed by atoms with Crippen molar-refractivity contribution in [2.45, 2.75) is 0 Å². The molecule has 30 heavy (non-hydrogen) atoms. The summed E-state index contributed by atoms with van der Waals surface area (Å²) in [4.78, 5) is 35.3. The molecule has 0 spiro atoms. The zero-order chi connectivity index (χ0) is 21.4. The molecule has 2 heterocycles. The number of anilines is 1. The largest absolute Gasteiger partial charge is 0.507 e. The molecule has 1 aliphatic rings. The van der Waals surface area contributed by atoms with Gasteiger partial charge in [-0.2, -0.15) is 0 Å². The van der Waals surface area contributed by atoms with Crippen LogP contribution in [0.25, 0.3) is 17.4 Å². The molecule has 3 aromatic rings. The molecule has 0 aliphatic carbocycles. The van der Waals surface area contributed by atoms with E-state index in [4.69, 9.17) is 16.0 Å². The van der Waals surface area contributed by atoms with E-state index in [1.54, 1.807) is 18.2 Å². The summed E-state index contributed by atoms with van der Waals surface area (Å²) >= 11 is 5.94. The van der Waals surface area contributed by atoms with Crippen molar-refractivity contribution in [1.29, 1.82) is 0 Å². The number of furan rings is 1. The predicted molar refractivity (Wildman–Crippen MR) is 108 cm³/mol. The first-order chi connectivity index (χ1) is 14.3. The SMILES string of the molecule is O=C1NN(c2cccc(Cl)c2)C(=O)C1=Cc1ccc(-c2cc([N+](=O)[O-])ccc2O)o1. The van der Waals surface area contributed by atoms with Gasteiger partial charge in [0, 0.05) is 17.2 Å². The number of hydrazine groups is 1. The zero-order valence-corrected chi connectivity index (χ0v) is 15.8. The fourth-order valence-corrected chi connectivity index (χ4v) is 3.09. The van der Waals surface area contributed by atoms with Gasteiger partial charge >= 0.3 is 0 Å². The number of aromatic hydroxyl groups is 1. The third-order valence-corrected chi connectivity index (χ3v) is 4.56. The Morgan fingerprint density at radius 1 is 1.13 bits per heavy atom. The molecule has 1 aromatic heterocycles. The molecule has 9 nitrogen and oxygen atoms in total. The number of halogens is 1. The van der Waals surface area contributed by atoms with Crippen LogP contribution >= 0.6 is 11.6 Å². The third kappa shape index (κ3) is 3.49. The standard InChI is InChI=1S/C20H12ClN3O6/c21-11-2-1-3-12(8-11)23-20(27)16(19(26)22-23)10-14-5-7-18(30-14)15-9-13(24(28)29)4-6-17(15)25/h1-10,25H,(H,22,26). The van der Waals surface area contributed by atoms with Gasteiger partial charge in [0.25, 0.3) is 17.5 Å². The van der Waals surface area contributed by atoms with Crippen LogP contribution in [-0.2, 0) is 9.59 Å². The molecule has 0 saturated carbocycles. The van der Waals surface area contributed by atoms with Crippen LogP contribution in [0.2, 0.25) is 5.02 Å². The van der Waals surface area contributed by atoms with Gasteiger partial charge in [0.2, 0.25) is 0 Å². The minimum absolute atomic E-state index is 0.108. The van der Waals surface area contributed by atoms with Gasteiger partial charge in [-0.25, -0.2) is 5.01 Å². The van der Waals surface area contributed by atoms with Gasteiger partial charge < -0.3 is 9.52 Å². The number of hydrogen-bond acceptors (Lipinski definition) is 6. The molecule has 1 aliphatic heterocycles. The predicted octanol–water partition coefficient (Wildman–Crippen LogP) is 3.68. The van der Waals surface area contributed by atoms with Crippen LogP contribution in [0.1, 0.15) is 5.76 Å². The van der Waals surface area contributed by atoms with Crippen molar-refractivity contribution in [3.05, 3.63) is 81.1 Å². The third-order valence-electron chi connectivity index (χ3n) is 4.33. The number of nitrogens with one attached hydrogen (secondary N) is 1. The number of nitrogens with zero attached hydrogens (tertiary/aromatic N) is 2. The molecule has 0 unspecified atom stereocenters. The van der Waals surface area contributed by atoms with Gasteiger partial charge in [-0.3, -0.25) is 25.1 Å². The van der Waals surface area contributed by atoms with Gasteiger partial charge in [0.1, 0.15) is 22.8 Å². The fraction of sp³-hybridized carbons (Fsp3) is 0. The van der Waals surface area contributed by atoms with E-state index in [9.17, 15) is 24.8 Å².